The van der Waals surface area contributed by atoms with Gasteiger partial charge in [0.1, 0.15) is 0 Å². The highest BCUT2D eigenvalue weighted by Gasteiger charge is 2.08. The Morgan fingerprint density at radius 2 is 1.87 bits per heavy atom. The van der Waals surface area contributed by atoms with E-state index in [0.717, 1.165) is 12.0 Å². The molecule has 0 aromatic heterocycles. The summed E-state index contributed by atoms with van der Waals surface area (Å²) in [5.41, 5.74) is 2.45. The van der Waals surface area contributed by atoms with Gasteiger partial charge in [0.05, 0.1) is 6.67 Å². The van der Waals surface area contributed by atoms with Crippen LogP contribution in [0, 0.1) is 9.49 Å². The van der Waals surface area contributed by atoms with Crippen LogP contribution in [0.5, 0.6) is 0 Å². The Labute approximate surface area is 105 Å². The normalized spacial score (nSPS) is 13.2. The molecule has 1 unspecified atom stereocenters. The van der Waals surface area contributed by atoms with Gasteiger partial charge in [-0.15, -0.1) is 0 Å². The van der Waals surface area contributed by atoms with Crippen LogP contribution >= 0.6 is 22.6 Å². The predicted octanol–water partition coefficient (Wildman–Crippen LogP) is 4.56. The standard InChI is InChI=1S/C13H18FI/c1-9(2)4-11-5-12(10(3)8-14)7-13(15)6-11/h5-7,9-10H,4,8H2,1-3H3. The van der Waals surface area contributed by atoms with Crippen molar-refractivity contribution < 1.29 is 4.39 Å². The van der Waals surface area contributed by atoms with Crippen LogP contribution in [0.2, 0.25) is 0 Å². The third kappa shape index (κ3) is 4.09. The molecule has 84 valence electrons. The number of rotatable bonds is 4. The molecule has 0 aliphatic carbocycles. The Kier molecular flexibility index (Phi) is 5.03. The first-order valence-electron chi connectivity index (χ1n) is 5.38. The minimum absolute atomic E-state index is 0.0191. The number of benzene rings is 1. The highest BCUT2D eigenvalue weighted by Crippen LogP contribution is 2.22. The van der Waals surface area contributed by atoms with Gasteiger partial charge in [0.2, 0.25) is 0 Å². The molecule has 0 aliphatic rings. The van der Waals surface area contributed by atoms with Crippen LogP contribution in [0.15, 0.2) is 18.2 Å². The zero-order chi connectivity index (χ0) is 11.4. The van der Waals surface area contributed by atoms with Crippen LogP contribution in [0.25, 0.3) is 0 Å². The largest absolute Gasteiger partial charge is 0.250 e. The maximum atomic E-state index is 12.6. The second-order valence-corrected chi connectivity index (χ2v) is 5.79. The van der Waals surface area contributed by atoms with Gasteiger partial charge >= 0.3 is 0 Å². The summed E-state index contributed by atoms with van der Waals surface area (Å²) in [5.74, 6) is 0.669. The van der Waals surface area contributed by atoms with E-state index in [1.807, 2.05) is 6.92 Å². The van der Waals surface area contributed by atoms with E-state index in [9.17, 15) is 4.39 Å². The van der Waals surface area contributed by atoms with Gasteiger partial charge in [-0.2, -0.15) is 0 Å². The average Bonchev–Trinajstić information content (AvgIpc) is 2.14. The highest BCUT2D eigenvalue weighted by atomic mass is 127. The number of hydrogen-bond donors (Lipinski definition) is 0. The summed E-state index contributed by atoms with van der Waals surface area (Å²) < 4.78 is 13.8. The fraction of sp³-hybridized carbons (Fsp3) is 0.538. The maximum Gasteiger partial charge on any atom is 0.0960 e. The van der Waals surface area contributed by atoms with Crippen LogP contribution in [0.1, 0.15) is 37.8 Å². The van der Waals surface area contributed by atoms with Crippen LogP contribution in [0.3, 0.4) is 0 Å². The molecule has 0 N–H and O–H groups in total. The molecule has 1 atom stereocenters. The Hall–Kier alpha value is -0.120. The number of hydrogen-bond acceptors (Lipinski definition) is 0. The lowest BCUT2D eigenvalue weighted by Gasteiger charge is -2.12. The molecule has 0 saturated carbocycles. The summed E-state index contributed by atoms with van der Waals surface area (Å²) in [7, 11) is 0. The maximum absolute atomic E-state index is 12.6. The highest BCUT2D eigenvalue weighted by molar-refractivity contribution is 14.1. The molecule has 0 bridgehead atoms. The van der Waals surface area contributed by atoms with Crippen LogP contribution in [0.4, 0.5) is 4.39 Å². The average molecular weight is 320 g/mol. The molecule has 0 saturated heterocycles. The zero-order valence-corrected chi connectivity index (χ0v) is 11.7. The van der Waals surface area contributed by atoms with E-state index in [-0.39, 0.29) is 12.6 Å². The summed E-state index contributed by atoms with van der Waals surface area (Å²) in [6, 6.07) is 6.41. The van der Waals surface area contributed by atoms with Gasteiger partial charge in [-0.1, -0.05) is 26.8 Å². The first-order chi connectivity index (χ1) is 7.02. The summed E-state index contributed by atoms with van der Waals surface area (Å²) in [6.45, 7) is 6.07. The molecule has 1 rings (SSSR count). The van der Waals surface area contributed by atoms with Crippen molar-refractivity contribution in [3.63, 3.8) is 0 Å². The van der Waals surface area contributed by atoms with Crippen LogP contribution in [-0.2, 0) is 6.42 Å². The second kappa shape index (κ2) is 5.83. The third-order valence-corrected chi connectivity index (χ3v) is 3.05. The van der Waals surface area contributed by atoms with Gasteiger partial charge in [0.25, 0.3) is 0 Å². The summed E-state index contributed by atoms with van der Waals surface area (Å²) >= 11 is 2.31. The van der Waals surface area contributed by atoms with Gasteiger partial charge in [-0.25, -0.2) is 0 Å². The van der Waals surface area contributed by atoms with E-state index in [0.29, 0.717) is 5.92 Å². The first-order valence-corrected chi connectivity index (χ1v) is 6.46. The fourth-order valence-corrected chi connectivity index (χ4v) is 2.40. The minimum Gasteiger partial charge on any atom is -0.250 e. The topological polar surface area (TPSA) is 0 Å². The molecule has 0 aliphatic heterocycles. The van der Waals surface area contributed by atoms with E-state index in [4.69, 9.17) is 0 Å². The van der Waals surface area contributed by atoms with E-state index in [1.54, 1.807) is 0 Å². The van der Waals surface area contributed by atoms with Crippen molar-refractivity contribution in [3.05, 3.63) is 32.9 Å². The molecule has 0 heterocycles. The monoisotopic (exact) mass is 320 g/mol. The van der Waals surface area contributed by atoms with Gasteiger partial charge < -0.3 is 0 Å². The summed E-state index contributed by atoms with van der Waals surface area (Å²) in [5, 5.41) is 0. The van der Waals surface area contributed by atoms with Gasteiger partial charge in [-0.05, 0) is 58.2 Å². The molecule has 1 aromatic rings. The van der Waals surface area contributed by atoms with Crippen LogP contribution < -0.4 is 0 Å². The van der Waals surface area contributed by atoms with Crippen molar-refractivity contribution in [2.24, 2.45) is 5.92 Å². The molecule has 0 fully saturated rings. The first kappa shape index (κ1) is 12.9. The molecule has 1 aromatic carbocycles. The lowest BCUT2D eigenvalue weighted by Crippen LogP contribution is -2.00. The number of alkyl halides is 1. The molecular formula is C13H18FI. The van der Waals surface area contributed by atoms with Crippen molar-refractivity contribution in [3.8, 4) is 0 Å². The van der Waals surface area contributed by atoms with Gasteiger partial charge in [0.15, 0.2) is 0 Å². The van der Waals surface area contributed by atoms with Crippen molar-refractivity contribution in [2.75, 3.05) is 6.67 Å². The van der Waals surface area contributed by atoms with E-state index in [2.05, 4.69) is 54.6 Å². The lowest BCUT2D eigenvalue weighted by atomic mass is 9.96. The molecule has 0 amide bonds. The quantitative estimate of drug-likeness (QED) is 0.713. The number of halogens is 2. The summed E-state index contributed by atoms with van der Waals surface area (Å²) in [4.78, 5) is 0. The third-order valence-electron chi connectivity index (χ3n) is 2.42. The fourth-order valence-electron chi connectivity index (χ4n) is 1.64. The van der Waals surface area contributed by atoms with Crippen molar-refractivity contribution in [2.45, 2.75) is 33.1 Å². The smallest absolute Gasteiger partial charge is 0.0960 e. The zero-order valence-electron chi connectivity index (χ0n) is 9.56. The van der Waals surface area contributed by atoms with E-state index < -0.39 is 0 Å². The second-order valence-electron chi connectivity index (χ2n) is 4.55. The van der Waals surface area contributed by atoms with Gasteiger partial charge in [-0.3, -0.25) is 4.39 Å². The van der Waals surface area contributed by atoms with Crippen molar-refractivity contribution >= 4 is 22.6 Å². The summed E-state index contributed by atoms with van der Waals surface area (Å²) in [6.07, 6.45) is 1.07. The van der Waals surface area contributed by atoms with Crippen LogP contribution in [-0.4, -0.2) is 6.67 Å². The Bertz CT molecular complexity index is 320. The van der Waals surface area contributed by atoms with E-state index in [1.165, 1.54) is 9.13 Å². The molecule has 0 nitrogen and oxygen atoms in total. The van der Waals surface area contributed by atoms with Gasteiger partial charge in [0, 0.05) is 9.49 Å². The minimum atomic E-state index is -0.277. The SMILES string of the molecule is CC(C)Cc1cc(I)cc(C(C)CF)c1. The molecular weight excluding hydrogens is 302 g/mol. The predicted molar refractivity (Wildman–Crippen MR) is 72.1 cm³/mol. The lowest BCUT2D eigenvalue weighted by molar-refractivity contribution is 0.447. The van der Waals surface area contributed by atoms with E-state index >= 15 is 0 Å². The Morgan fingerprint density at radius 3 is 2.40 bits per heavy atom. The molecule has 0 spiro atoms. The molecule has 15 heavy (non-hydrogen) atoms. The molecule has 0 radical (unpaired) electrons. The van der Waals surface area contributed by atoms with Crippen molar-refractivity contribution in [1.82, 2.24) is 0 Å². The Morgan fingerprint density at radius 1 is 1.20 bits per heavy atom. The molecule has 2 heteroatoms. The van der Waals surface area contributed by atoms with Crippen molar-refractivity contribution in [1.29, 1.82) is 0 Å². The Balaban J connectivity index is 2.94.